The maximum atomic E-state index is 13.1. The number of sulfonamides is 1. The quantitative estimate of drug-likeness (QED) is 0.613. The first kappa shape index (κ1) is 21.3. The molecule has 0 aliphatic heterocycles. The molecule has 8 heteroatoms. The highest BCUT2D eigenvalue weighted by atomic mass is 32.2. The fourth-order valence-electron chi connectivity index (χ4n) is 3.94. The Balaban J connectivity index is 1.51. The van der Waals surface area contributed by atoms with E-state index in [0.29, 0.717) is 24.5 Å². The van der Waals surface area contributed by atoms with Gasteiger partial charge in [-0.1, -0.05) is 37.3 Å². The van der Waals surface area contributed by atoms with Crippen LogP contribution in [0.1, 0.15) is 40.5 Å². The summed E-state index contributed by atoms with van der Waals surface area (Å²) in [5.41, 5.74) is 3.46. The van der Waals surface area contributed by atoms with Crippen molar-refractivity contribution in [1.82, 2.24) is 14.1 Å². The van der Waals surface area contributed by atoms with E-state index in [0.717, 1.165) is 36.1 Å². The zero-order valence-corrected chi connectivity index (χ0v) is 18.5. The number of benzene rings is 2. The summed E-state index contributed by atoms with van der Waals surface area (Å²) in [7, 11) is -1.85. The van der Waals surface area contributed by atoms with Gasteiger partial charge in [0, 0.05) is 31.3 Å². The van der Waals surface area contributed by atoms with Crippen LogP contribution in [-0.4, -0.2) is 35.0 Å². The number of aromatic nitrogens is 2. The van der Waals surface area contributed by atoms with Gasteiger partial charge < -0.3 is 5.32 Å². The number of fused-ring (bicyclic) bond motifs is 1. The van der Waals surface area contributed by atoms with Crippen molar-refractivity contribution >= 4 is 21.7 Å². The molecule has 4 rings (SSSR count). The molecule has 1 aliphatic carbocycles. The van der Waals surface area contributed by atoms with Crippen LogP contribution in [0.25, 0.3) is 0 Å². The molecule has 0 spiro atoms. The van der Waals surface area contributed by atoms with Crippen LogP contribution < -0.4 is 5.32 Å². The van der Waals surface area contributed by atoms with Crippen LogP contribution in [0, 0.1) is 0 Å². The minimum Gasteiger partial charge on any atom is -0.307 e. The Morgan fingerprint density at radius 3 is 2.48 bits per heavy atom. The number of nitrogens with one attached hydrogen (secondary N) is 1. The zero-order valence-electron chi connectivity index (χ0n) is 17.7. The van der Waals surface area contributed by atoms with E-state index in [2.05, 4.69) is 10.4 Å². The van der Waals surface area contributed by atoms with Gasteiger partial charge in [-0.15, -0.1) is 0 Å². The summed E-state index contributed by atoms with van der Waals surface area (Å²) in [6, 6.07) is 15.6. The molecule has 31 heavy (non-hydrogen) atoms. The van der Waals surface area contributed by atoms with Gasteiger partial charge in [-0.3, -0.25) is 9.48 Å². The molecule has 162 valence electrons. The van der Waals surface area contributed by atoms with Crippen LogP contribution in [0.3, 0.4) is 0 Å². The van der Waals surface area contributed by atoms with E-state index < -0.39 is 10.0 Å². The minimum absolute atomic E-state index is 0.170. The van der Waals surface area contributed by atoms with Gasteiger partial charge in [0.2, 0.25) is 10.0 Å². The first-order chi connectivity index (χ1) is 14.9. The molecule has 3 aromatic rings. The molecule has 0 unspecified atom stereocenters. The SMILES string of the molecule is CCN(Cc1ccccc1)S(=O)(=O)c1ccc(C(=O)Nc2c3c(nn2C)CCC3)cc1. The van der Waals surface area contributed by atoms with Crippen LogP contribution in [0.15, 0.2) is 59.5 Å². The number of aryl methyl sites for hydroxylation is 2. The molecule has 2 aromatic carbocycles. The number of carbonyl (C=O) groups is 1. The minimum atomic E-state index is -3.67. The summed E-state index contributed by atoms with van der Waals surface area (Å²) < 4.78 is 29.3. The van der Waals surface area contributed by atoms with E-state index in [-0.39, 0.29) is 10.8 Å². The Hall–Kier alpha value is -2.97. The summed E-state index contributed by atoms with van der Waals surface area (Å²) in [6.07, 6.45) is 2.89. The number of hydrogen-bond donors (Lipinski definition) is 1. The molecule has 1 aliphatic rings. The van der Waals surface area contributed by atoms with Crippen molar-refractivity contribution in [2.24, 2.45) is 7.05 Å². The monoisotopic (exact) mass is 438 g/mol. The predicted molar refractivity (Wildman–Crippen MR) is 119 cm³/mol. The molecule has 1 N–H and O–H groups in total. The highest BCUT2D eigenvalue weighted by Gasteiger charge is 2.25. The van der Waals surface area contributed by atoms with Gasteiger partial charge in [-0.25, -0.2) is 8.42 Å². The van der Waals surface area contributed by atoms with E-state index in [4.69, 9.17) is 0 Å². The lowest BCUT2D eigenvalue weighted by molar-refractivity contribution is 0.102. The zero-order chi connectivity index (χ0) is 22.0. The topological polar surface area (TPSA) is 84.3 Å². The van der Waals surface area contributed by atoms with Gasteiger partial charge in [0.15, 0.2) is 0 Å². The van der Waals surface area contributed by atoms with E-state index in [1.54, 1.807) is 16.8 Å². The van der Waals surface area contributed by atoms with Crippen molar-refractivity contribution in [2.45, 2.75) is 37.6 Å². The van der Waals surface area contributed by atoms with Gasteiger partial charge in [-0.05, 0) is 49.1 Å². The number of rotatable bonds is 7. The molecule has 1 amide bonds. The first-order valence-electron chi connectivity index (χ1n) is 10.4. The normalized spacial score (nSPS) is 13.4. The van der Waals surface area contributed by atoms with Gasteiger partial charge >= 0.3 is 0 Å². The summed E-state index contributed by atoms with van der Waals surface area (Å²) in [6.45, 7) is 2.47. The van der Waals surface area contributed by atoms with Crippen molar-refractivity contribution in [1.29, 1.82) is 0 Å². The second-order valence-corrected chi connectivity index (χ2v) is 9.58. The lowest BCUT2D eigenvalue weighted by Gasteiger charge is -2.20. The maximum absolute atomic E-state index is 13.1. The molecule has 0 radical (unpaired) electrons. The Labute approximate surface area is 182 Å². The third-order valence-electron chi connectivity index (χ3n) is 5.61. The largest absolute Gasteiger partial charge is 0.307 e. The first-order valence-corrected chi connectivity index (χ1v) is 11.8. The lowest BCUT2D eigenvalue weighted by Crippen LogP contribution is -2.30. The summed E-state index contributed by atoms with van der Waals surface area (Å²) in [5.74, 6) is 0.437. The number of hydrogen-bond acceptors (Lipinski definition) is 4. The van der Waals surface area contributed by atoms with Crippen LogP contribution >= 0.6 is 0 Å². The molecule has 0 fully saturated rings. The average molecular weight is 439 g/mol. The average Bonchev–Trinajstić information content (AvgIpc) is 3.34. The molecule has 0 saturated heterocycles. The number of nitrogens with zero attached hydrogens (tertiary/aromatic N) is 3. The van der Waals surface area contributed by atoms with E-state index >= 15 is 0 Å². The Morgan fingerprint density at radius 1 is 1.10 bits per heavy atom. The van der Waals surface area contributed by atoms with Crippen molar-refractivity contribution in [3.63, 3.8) is 0 Å². The van der Waals surface area contributed by atoms with Crippen LogP contribution in [-0.2, 0) is 36.5 Å². The second-order valence-electron chi connectivity index (χ2n) is 7.65. The van der Waals surface area contributed by atoms with Gasteiger partial charge in [-0.2, -0.15) is 9.40 Å². The van der Waals surface area contributed by atoms with Crippen molar-refractivity contribution in [2.75, 3.05) is 11.9 Å². The summed E-state index contributed by atoms with van der Waals surface area (Å²) >= 11 is 0. The molecule has 1 aromatic heterocycles. The van der Waals surface area contributed by atoms with Crippen LogP contribution in [0.2, 0.25) is 0 Å². The van der Waals surface area contributed by atoms with Crippen molar-refractivity contribution in [3.05, 3.63) is 77.0 Å². The fourth-order valence-corrected chi connectivity index (χ4v) is 5.37. The van der Waals surface area contributed by atoms with Crippen LogP contribution in [0.5, 0.6) is 0 Å². The molecular formula is C23H26N4O3S. The number of carbonyl (C=O) groups excluding carboxylic acids is 1. The van der Waals surface area contributed by atoms with E-state index in [1.165, 1.54) is 16.4 Å². The molecular weight excluding hydrogens is 412 g/mol. The summed E-state index contributed by atoms with van der Waals surface area (Å²) in [4.78, 5) is 12.9. The molecule has 0 bridgehead atoms. The third-order valence-corrected chi connectivity index (χ3v) is 7.54. The predicted octanol–water partition coefficient (Wildman–Crippen LogP) is 3.37. The summed E-state index contributed by atoms with van der Waals surface area (Å²) in [5, 5.41) is 7.40. The van der Waals surface area contributed by atoms with E-state index in [9.17, 15) is 13.2 Å². The van der Waals surface area contributed by atoms with Gasteiger partial charge in [0.25, 0.3) is 5.91 Å². The molecule has 0 saturated carbocycles. The highest BCUT2D eigenvalue weighted by Crippen LogP contribution is 2.28. The Morgan fingerprint density at radius 2 is 1.81 bits per heavy atom. The Bertz CT molecular complexity index is 1190. The van der Waals surface area contributed by atoms with Crippen LogP contribution in [0.4, 0.5) is 5.82 Å². The second kappa shape index (κ2) is 8.64. The number of amides is 1. The number of anilines is 1. The van der Waals surface area contributed by atoms with Crippen molar-refractivity contribution in [3.8, 4) is 0 Å². The maximum Gasteiger partial charge on any atom is 0.256 e. The lowest BCUT2D eigenvalue weighted by atomic mass is 10.2. The van der Waals surface area contributed by atoms with E-state index in [1.807, 2.05) is 44.3 Å². The van der Waals surface area contributed by atoms with Gasteiger partial charge in [0.05, 0.1) is 10.6 Å². The molecule has 0 atom stereocenters. The van der Waals surface area contributed by atoms with Gasteiger partial charge in [0.1, 0.15) is 5.82 Å². The third kappa shape index (κ3) is 4.26. The fraction of sp³-hybridized carbons (Fsp3) is 0.304. The molecule has 1 heterocycles. The highest BCUT2D eigenvalue weighted by molar-refractivity contribution is 7.89. The smallest absolute Gasteiger partial charge is 0.256 e. The van der Waals surface area contributed by atoms with Crippen molar-refractivity contribution < 1.29 is 13.2 Å². The molecule has 7 nitrogen and oxygen atoms in total. The standard InChI is InChI=1S/C23H26N4O3S/c1-3-27(16-17-8-5-4-6-9-17)31(29,30)19-14-12-18(13-15-19)23(28)24-22-20-10-7-11-21(20)25-26(22)2/h4-6,8-9,12-15H,3,7,10-11,16H2,1-2H3,(H,24,28). The Kier molecular flexibility index (Phi) is 5.93.